The first-order chi connectivity index (χ1) is 18.9. The SMILES string of the molecule is CSc1cccc(NC(=O)[C@H]2[C@@H]3C=C[C@]4(O3)[C@@H]2C(=O)N(Cc2ccccc2F)[C@@H]4C(=O)NC2CCCCC2)c1. The predicted molar refractivity (Wildman–Crippen MR) is 146 cm³/mol. The van der Waals surface area contributed by atoms with E-state index in [1.807, 2.05) is 24.5 Å². The minimum Gasteiger partial charge on any atom is -0.359 e. The van der Waals surface area contributed by atoms with Gasteiger partial charge in [-0.15, -0.1) is 11.8 Å². The molecule has 3 heterocycles. The molecular weight excluding hydrogens is 517 g/mol. The monoisotopic (exact) mass is 549 g/mol. The number of halogens is 1. The van der Waals surface area contributed by atoms with E-state index in [1.54, 1.807) is 48.2 Å². The number of ether oxygens (including phenoxy) is 1. The summed E-state index contributed by atoms with van der Waals surface area (Å²) in [6.45, 7) is -0.0848. The van der Waals surface area contributed by atoms with Gasteiger partial charge in [0.25, 0.3) is 0 Å². The zero-order valence-corrected chi connectivity index (χ0v) is 22.6. The molecule has 2 bridgehead atoms. The Morgan fingerprint density at radius 3 is 2.67 bits per heavy atom. The molecule has 2 aromatic rings. The zero-order valence-electron chi connectivity index (χ0n) is 21.8. The lowest BCUT2D eigenvalue weighted by atomic mass is 9.74. The number of nitrogens with zero attached hydrogens (tertiary/aromatic N) is 1. The number of carbonyl (C=O) groups excluding carboxylic acids is 3. The Morgan fingerprint density at radius 1 is 1.10 bits per heavy atom. The van der Waals surface area contributed by atoms with Crippen molar-refractivity contribution < 1.29 is 23.5 Å². The number of benzene rings is 2. The van der Waals surface area contributed by atoms with Crippen molar-refractivity contribution in [2.24, 2.45) is 11.8 Å². The van der Waals surface area contributed by atoms with Crippen molar-refractivity contribution in [2.45, 2.75) is 67.3 Å². The molecule has 1 spiro atoms. The second-order valence-electron chi connectivity index (χ2n) is 10.8. The summed E-state index contributed by atoms with van der Waals surface area (Å²) in [4.78, 5) is 44.0. The third-order valence-electron chi connectivity index (χ3n) is 8.51. The third kappa shape index (κ3) is 4.55. The molecule has 0 unspecified atom stereocenters. The van der Waals surface area contributed by atoms with E-state index < -0.39 is 35.4 Å². The van der Waals surface area contributed by atoms with Gasteiger partial charge in [-0.25, -0.2) is 4.39 Å². The van der Waals surface area contributed by atoms with Crippen molar-refractivity contribution in [1.82, 2.24) is 10.2 Å². The van der Waals surface area contributed by atoms with Gasteiger partial charge in [0.15, 0.2) is 0 Å². The van der Waals surface area contributed by atoms with Crippen LogP contribution in [0.4, 0.5) is 10.1 Å². The van der Waals surface area contributed by atoms with Crippen LogP contribution in [-0.2, 0) is 25.7 Å². The van der Waals surface area contributed by atoms with Gasteiger partial charge in [0.1, 0.15) is 17.5 Å². The van der Waals surface area contributed by atoms with Gasteiger partial charge in [-0.1, -0.05) is 55.7 Å². The number of carbonyl (C=O) groups is 3. The van der Waals surface area contributed by atoms with Crippen LogP contribution < -0.4 is 10.6 Å². The van der Waals surface area contributed by atoms with Crippen molar-refractivity contribution >= 4 is 35.2 Å². The molecule has 6 rings (SSSR count). The van der Waals surface area contributed by atoms with E-state index >= 15 is 0 Å². The van der Waals surface area contributed by atoms with E-state index in [4.69, 9.17) is 4.74 Å². The minimum absolute atomic E-state index is 0.0255. The van der Waals surface area contributed by atoms with Gasteiger partial charge in [0.2, 0.25) is 17.7 Å². The summed E-state index contributed by atoms with van der Waals surface area (Å²) in [6.07, 6.45) is 9.90. The Morgan fingerprint density at radius 2 is 1.90 bits per heavy atom. The molecule has 3 fully saturated rings. The second-order valence-corrected chi connectivity index (χ2v) is 11.7. The summed E-state index contributed by atoms with van der Waals surface area (Å²) in [6, 6.07) is 12.8. The van der Waals surface area contributed by atoms with Gasteiger partial charge in [-0.2, -0.15) is 0 Å². The molecular formula is C30H32FN3O4S. The maximum absolute atomic E-state index is 14.7. The largest absolute Gasteiger partial charge is 0.359 e. The highest BCUT2D eigenvalue weighted by molar-refractivity contribution is 7.98. The topological polar surface area (TPSA) is 87.7 Å². The molecule has 39 heavy (non-hydrogen) atoms. The van der Waals surface area contributed by atoms with E-state index in [9.17, 15) is 18.8 Å². The lowest BCUT2D eigenvalue weighted by molar-refractivity contribution is -0.142. The van der Waals surface area contributed by atoms with Crippen molar-refractivity contribution in [1.29, 1.82) is 0 Å². The first-order valence-electron chi connectivity index (χ1n) is 13.6. The number of thioether (sulfide) groups is 1. The minimum atomic E-state index is -1.28. The van der Waals surface area contributed by atoms with Gasteiger partial charge in [0, 0.05) is 28.7 Å². The van der Waals surface area contributed by atoms with Gasteiger partial charge < -0.3 is 20.3 Å². The maximum Gasteiger partial charge on any atom is 0.246 e. The van der Waals surface area contributed by atoms with E-state index in [-0.39, 0.29) is 30.3 Å². The zero-order chi connectivity index (χ0) is 27.1. The summed E-state index contributed by atoms with van der Waals surface area (Å²) in [7, 11) is 0. The molecule has 0 aromatic heterocycles. The lowest BCUT2D eigenvalue weighted by Crippen LogP contribution is -2.56. The average Bonchev–Trinajstić information content (AvgIpc) is 3.58. The number of hydrogen-bond donors (Lipinski definition) is 2. The van der Waals surface area contributed by atoms with Crippen LogP contribution in [0.2, 0.25) is 0 Å². The molecule has 9 heteroatoms. The van der Waals surface area contributed by atoms with Crippen LogP contribution >= 0.6 is 11.8 Å². The Hall–Kier alpha value is -3.17. The number of rotatable bonds is 7. The first kappa shape index (κ1) is 26.1. The molecule has 2 saturated heterocycles. The second kappa shape index (κ2) is 10.4. The molecule has 7 nitrogen and oxygen atoms in total. The molecule has 0 radical (unpaired) electrons. The fraction of sp³-hybridized carbons (Fsp3) is 0.433. The van der Waals surface area contributed by atoms with Crippen LogP contribution in [0.1, 0.15) is 37.7 Å². The molecule has 4 aliphatic rings. The highest BCUT2D eigenvalue weighted by Gasteiger charge is 2.72. The van der Waals surface area contributed by atoms with Crippen molar-refractivity contribution in [3.8, 4) is 0 Å². The first-order valence-corrected chi connectivity index (χ1v) is 14.8. The molecule has 204 valence electrons. The van der Waals surface area contributed by atoms with Crippen LogP contribution in [0.3, 0.4) is 0 Å². The molecule has 1 aliphatic carbocycles. The molecule has 3 aliphatic heterocycles. The van der Waals surface area contributed by atoms with Gasteiger partial charge in [0.05, 0.1) is 17.9 Å². The Kier molecular flexibility index (Phi) is 6.97. The van der Waals surface area contributed by atoms with E-state index in [0.29, 0.717) is 11.3 Å². The fourth-order valence-electron chi connectivity index (χ4n) is 6.70. The van der Waals surface area contributed by atoms with E-state index in [0.717, 1.165) is 37.0 Å². The molecule has 1 saturated carbocycles. The Balaban J connectivity index is 1.33. The number of fused-ring (bicyclic) bond motifs is 1. The highest BCUT2D eigenvalue weighted by atomic mass is 32.2. The maximum atomic E-state index is 14.7. The summed E-state index contributed by atoms with van der Waals surface area (Å²) in [5.74, 6) is -3.15. The fourth-order valence-corrected chi connectivity index (χ4v) is 7.16. The number of likely N-dealkylation sites (tertiary alicyclic amines) is 1. The summed E-state index contributed by atoms with van der Waals surface area (Å²) < 4.78 is 21.1. The van der Waals surface area contributed by atoms with E-state index in [2.05, 4.69) is 10.6 Å². The number of anilines is 1. The van der Waals surface area contributed by atoms with Crippen LogP contribution in [0, 0.1) is 17.7 Å². The summed E-state index contributed by atoms with van der Waals surface area (Å²) in [5.41, 5.74) is -0.339. The predicted octanol–water partition coefficient (Wildman–Crippen LogP) is 4.29. The van der Waals surface area contributed by atoms with E-state index in [1.165, 1.54) is 11.0 Å². The van der Waals surface area contributed by atoms with Gasteiger partial charge >= 0.3 is 0 Å². The quantitative estimate of drug-likeness (QED) is 0.398. The van der Waals surface area contributed by atoms with Gasteiger partial charge in [-0.05, 0) is 43.4 Å². The highest BCUT2D eigenvalue weighted by Crippen LogP contribution is 2.55. The Labute approximate surface area is 231 Å². The summed E-state index contributed by atoms with van der Waals surface area (Å²) >= 11 is 1.57. The smallest absolute Gasteiger partial charge is 0.246 e. The summed E-state index contributed by atoms with van der Waals surface area (Å²) in [5, 5.41) is 6.11. The average molecular weight is 550 g/mol. The van der Waals surface area contributed by atoms with Crippen LogP contribution in [0.25, 0.3) is 0 Å². The number of hydrogen-bond acceptors (Lipinski definition) is 5. The van der Waals surface area contributed by atoms with Crippen LogP contribution in [0.5, 0.6) is 0 Å². The van der Waals surface area contributed by atoms with Gasteiger partial charge in [-0.3, -0.25) is 14.4 Å². The third-order valence-corrected chi connectivity index (χ3v) is 9.24. The number of nitrogens with one attached hydrogen (secondary N) is 2. The number of amides is 3. The Bertz CT molecular complexity index is 1330. The normalized spacial score (nSPS) is 29.5. The molecule has 5 atom stereocenters. The standard InChI is InChI=1S/C30H32FN3O4S/c1-39-21-12-7-11-20(16-21)33-27(35)24-23-14-15-30(38-23)25(24)29(37)34(17-18-8-5-6-13-22(18)31)26(30)28(36)32-19-9-3-2-4-10-19/h5-8,11-16,19,23-26H,2-4,9-10,17H2,1H3,(H,32,36)(H,33,35)/t23-,24-,25-,26+,30-/m0/s1. The van der Waals surface area contributed by atoms with Crippen molar-refractivity contribution in [2.75, 3.05) is 11.6 Å². The lowest BCUT2D eigenvalue weighted by Gasteiger charge is -2.34. The van der Waals surface area contributed by atoms with Crippen molar-refractivity contribution in [3.05, 3.63) is 72.1 Å². The van der Waals surface area contributed by atoms with Crippen LogP contribution in [-0.4, -0.2) is 52.7 Å². The molecule has 2 N–H and O–H groups in total. The molecule has 2 aromatic carbocycles. The molecule has 3 amide bonds. The van der Waals surface area contributed by atoms with Crippen LogP contribution in [0.15, 0.2) is 65.6 Å². The van der Waals surface area contributed by atoms with Crippen molar-refractivity contribution in [3.63, 3.8) is 0 Å².